The monoisotopic (exact) mass is 227 g/mol. The molecule has 1 aliphatic heterocycles. The minimum atomic E-state index is 0.883. The Morgan fingerprint density at radius 2 is 1.69 bits per heavy atom. The van der Waals surface area contributed by atoms with Gasteiger partial charge in [-0.3, -0.25) is 0 Å². The van der Waals surface area contributed by atoms with Crippen LogP contribution in [0.1, 0.15) is 33.1 Å². The Labute approximate surface area is 102 Å². The van der Waals surface area contributed by atoms with Crippen LogP contribution >= 0.6 is 0 Å². The quantitative estimate of drug-likeness (QED) is 0.652. The van der Waals surface area contributed by atoms with Crippen molar-refractivity contribution in [3.63, 3.8) is 0 Å². The van der Waals surface area contributed by atoms with Gasteiger partial charge in [0, 0.05) is 13.0 Å². The van der Waals surface area contributed by atoms with Gasteiger partial charge >= 0.3 is 0 Å². The van der Waals surface area contributed by atoms with Crippen LogP contribution in [0.2, 0.25) is 0 Å². The Morgan fingerprint density at radius 3 is 2.12 bits per heavy atom. The summed E-state index contributed by atoms with van der Waals surface area (Å²) in [4.78, 5) is 2.66. The minimum absolute atomic E-state index is 0.883. The fourth-order valence-corrected chi connectivity index (χ4v) is 2.61. The van der Waals surface area contributed by atoms with Crippen molar-refractivity contribution in [3.8, 4) is 0 Å². The van der Waals surface area contributed by atoms with Crippen LogP contribution in [-0.2, 0) is 0 Å². The fourth-order valence-electron chi connectivity index (χ4n) is 2.61. The SMILES string of the molecule is CC(C)C1CCN(CCC[N+](C)(C)C)CC1. The molecule has 0 spiro atoms. The highest BCUT2D eigenvalue weighted by molar-refractivity contribution is 4.74. The summed E-state index contributed by atoms with van der Waals surface area (Å²) in [6.07, 6.45) is 4.18. The van der Waals surface area contributed by atoms with Gasteiger partial charge in [0.2, 0.25) is 0 Å². The fraction of sp³-hybridized carbons (Fsp3) is 1.00. The first-order valence-corrected chi connectivity index (χ1v) is 6.91. The minimum Gasteiger partial charge on any atom is -0.331 e. The van der Waals surface area contributed by atoms with Gasteiger partial charge in [-0.1, -0.05) is 13.8 Å². The zero-order valence-corrected chi connectivity index (χ0v) is 12.0. The maximum absolute atomic E-state index is 2.66. The number of nitrogens with zero attached hydrogens (tertiary/aromatic N) is 2. The lowest BCUT2D eigenvalue weighted by molar-refractivity contribution is -0.870. The highest BCUT2D eigenvalue weighted by atomic mass is 15.3. The Bertz CT molecular complexity index is 185. The van der Waals surface area contributed by atoms with E-state index in [1.807, 2.05) is 0 Å². The molecule has 0 saturated carbocycles. The molecule has 0 radical (unpaired) electrons. The molecule has 0 amide bonds. The average Bonchev–Trinajstić information content (AvgIpc) is 2.16. The maximum Gasteiger partial charge on any atom is 0.0792 e. The van der Waals surface area contributed by atoms with Crippen LogP contribution in [0.5, 0.6) is 0 Å². The van der Waals surface area contributed by atoms with Crippen molar-refractivity contribution in [1.29, 1.82) is 0 Å². The lowest BCUT2D eigenvalue weighted by atomic mass is 9.87. The molecule has 0 bridgehead atoms. The van der Waals surface area contributed by atoms with Crippen LogP contribution in [0.25, 0.3) is 0 Å². The number of quaternary nitrogens is 1. The first-order valence-electron chi connectivity index (χ1n) is 6.91. The molecule has 1 aliphatic rings. The summed E-state index contributed by atoms with van der Waals surface area (Å²) in [5, 5.41) is 0. The number of likely N-dealkylation sites (tertiary alicyclic amines) is 1. The van der Waals surface area contributed by atoms with Crippen LogP contribution in [0.3, 0.4) is 0 Å². The zero-order valence-electron chi connectivity index (χ0n) is 12.0. The molecule has 1 fully saturated rings. The van der Waals surface area contributed by atoms with Crippen LogP contribution in [0.15, 0.2) is 0 Å². The molecular formula is C14H31N2+. The maximum atomic E-state index is 2.66. The summed E-state index contributed by atoms with van der Waals surface area (Å²) in [5.41, 5.74) is 0. The molecule has 0 N–H and O–H groups in total. The second-order valence-electron chi connectivity index (χ2n) is 6.79. The van der Waals surface area contributed by atoms with Crippen LogP contribution in [0.4, 0.5) is 0 Å². The molecule has 16 heavy (non-hydrogen) atoms. The van der Waals surface area contributed by atoms with Gasteiger partial charge < -0.3 is 9.38 Å². The Balaban J connectivity index is 2.13. The van der Waals surface area contributed by atoms with E-state index in [-0.39, 0.29) is 0 Å². The zero-order chi connectivity index (χ0) is 12.2. The van der Waals surface area contributed by atoms with Crippen molar-refractivity contribution in [2.75, 3.05) is 47.3 Å². The number of rotatable bonds is 5. The predicted octanol–water partition coefficient (Wildman–Crippen LogP) is 2.45. The van der Waals surface area contributed by atoms with Gasteiger partial charge in [-0.25, -0.2) is 0 Å². The second kappa shape index (κ2) is 6.02. The molecule has 1 heterocycles. The number of piperidine rings is 1. The highest BCUT2D eigenvalue weighted by Gasteiger charge is 2.21. The van der Waals surface area contributed by atoms with E-state index < -0.39 is 0 Å². The molecule has 2 heteroatoms. The van der Waals surface area contributed by atoms with E-state index >= 15 is 0 Å². The molecule has 2 nitrogen and oxygen atoms in total. The standard InChI is InChI=1S/C14H31N2/c1-13(2)14-7-10-15(11-8-14)9-6-12-16(3,4)5/h13-14H,6-12H2,1-5H3/q+1. The molecule has 96 valence electrons. The van der Waals surface area contributed by atoms with Crippen LogP contribution in [0, 0.1) is 11.8 Å². The van der Waals surface area contributed by atoms with Crippen molar-refractivity contribution >= 4 is 0 Å². The van der Waals surface area contributed by atoms with Crippen molar-refractivity contribution in [3.05, 3.63) is 0 Å². The van der Waals surface area contributed by atoms with Crippen molar-refractivity contribution in [2.45, 2.75) is 33.1 Å². The van der Waals surface area contributed by atoms with Gasteiger partial charge in [0.1, 0.15) is 0 Å². The lowest BCUT2D eigenvalue weighted by Crippen LogP contribution is -2.40. The van der Waals surface area contributed by atoms with Crippen LogP contribution < -0.4 is 0 Å². The van der Waals surface area contributed by atoms with Crippen molar-refractivity contribution < 1.29 is 4.48 Å². The first kappa shape index (κ1) is 14.0. The molecule has 0 aromatic rings. The Kier molecular flexibility index (Phi) is 5.26. The van der Waals surface area contributed by atoms with E-state index in [1.165, 1.54) is 45.4 Å². The molecule has 0 aromatic heterocycles. The largest absolute Gasteiger partial charge is 0.331 e. The smallest absolute Gasteiger partial charge is 0.0792 e. The summed E-state index contributed by atoms with van der Waals surface area (Å²) in [6, 6.07) is 0. The predicted molar refractivity (Wildman–Crippen MR) is 71.5 cm³/mol. The molecule has 1 saturated heterocycles. The molecule has 1 rings (SSSR count). The third kappa shape index (κ3) is 5.31. The van der Waals surface area contributed by atoms with E-state index in [9.17, 15) is 0 Å². The average molecular weight is 227 g/mol. The molecule has 0 unspecified atom stereocenters. The normalized spacial score (nSPS) is 20.6. The summed E-state index contributed by atoms with van der Waals surface area (Å²) in [7, 11) is 6.85. The van der Waals surface area contributed by atoms with E-state index in [0.717, 1.165) is 16.3 Å². The van der Waals surface area contributed by atoms with E-state index in [1.54, 1.807) is 0 Å². The molecular weight excluding hydrogens is 196 g/mol. The topological polar surface area (TPSA) is 3.24 Å². The Morgan fingerprint density at radius 1 is 1.12 bits per heavy atom. The molecule has 0 atom stereocenters. The lowest BCUT2D eigenvalue weighted by Gasteiger charge is -2.34. The van der Waals surface area contributed by atoms with Gasteiger partial charge in [0.25, 0.3) is 0 Å². The molecule has 0 aliphatic carbocycles. The third-order valence-electron chi connectivity index (χ3n) is 3.88. The van der Waals surface area contributed by atoms with E-state index in [2.05, 4.69) is 39.9 Å². The van der Waals surface area contributed by atoms with Gasteiger partial charge in [0.05, 0.1) is 27.7 Å². The van der Waals surface area contributed by atoms with Gasteiger partial charge in [-0.05, 0) is 37.8 Å². The second-order valence-corrected chi connectivity index (χ2v) is 6.79. The Hall–Kier alpha value is -0.0800. The van der Waals surface area contributed by atoms with Crippen molar-refractivity contribution in [1.82, 2.24) is 4.90 Å². The third-order valence-corrected chi connectivity index (χ3v) is 3.88. The summed E-state index contributed by atoms with van der Waals surface area (Å²) >= 11 is 0. The first-order chi connectivity index (χ1) is 7.38. The number of hydrogen-bond donors (Lipinski definition) is 0. The van der Waals surface area contributed by atoms with Crippen molar-refractivity contribution in [2.24, 2.45) is 11.8 Å². The summed E-state index contributed by atoms with van der Waals surface area (Å²) in [5.74, 6) is 1.86. The van der Waals surface area contributed by atoms with Crippen LogP contribution in [-0.4, -0.2) is 56.7 Å². The van der Waals surface area contributed by atoms with Gasteiger partial charge in [0.15, 0.2) is 0 Å². The molecule has 0 aromatic carbocycles. The van der Waals surface area contributed by atoms with Gasteiger partial charge in [-0.15, -0.1) is 0 Å². The van der Waals surface area contributed by atoms with E-state index in [0.29, 0.717) is 0 Å². The highest BCUT2D eigenvalue weighted by Crippen LogP contribution is 2.24. The summed E-state index contributed by atoms with van der Waals surface area (Å²) < 4.78 is 1.10. The summed E-state index contributed by atoms with van der Waals surface area (Å²) in [6.45, 7) is 10.0. The van der Waals surface area contributed by atoms with Gasteiger partial charge in [-0.2, -0.15) is 0 Å². The van der Waals surface area contributed by atoms with E-state index in [4.69, 9.17) is 0 Å². The number of hydrogen-bond acceptors (Lipinski definition) is 1.